The lowest BCUT2D eigenvalue weighted by atomic mass is 9.95. The first-order chi connectivity index (χ1) is 8.84. The minimum absolute atomic E-state index is 0.870. The predicted molar refractivity (Wildman–Crippen MR) is 76.2 cm³/mol. The summed E-state index contributed by atoms with van der Waals surface area (Å²) >= 11 is 1.99. The van der Waals surface area contributed by atoms with Gasteiger partial charge in [-0.1, -0.05) is 0 Å². The minimum Gasteiger partial charge on any atom is -0.307 e. The van der Waals surface area contributed by atoms with E-state index in [4.69, 9.17) is 4.99 Å². The number of nitrogens with zero attached hydrogens (tertiary/aromatic N) is 2. The van der Waals surface area contributed by atoms with Gasteiger partial charge in [-0.05, 0) is 50.3 Å². The van der Waals surface area contributed by atoms with Crippen molar-refractivity contribution in [3.05, 3.63) is 40.0 Å². The second-order valence-corrected chi connectivity index (χ2v) is 6.24. The molecule has 2 nitrogen and oxygen atoms in total. The van der Waals surface area contributed by atoms with E-state index >= 15 is 0 Å². The van der Waals surface area contributed by atoms with Crippen molar-refractivity contribution in [3.63, 3.8) is 0 Å². The van der Waals surface area contributed by atoms with E-state index in [0.717, 1.165) is 12.3 Å². The second kappa shape index (κ2) is 3.82. The van der Waals surface area contributed by atoms with Gasteiger partial charge in [0.1, 0.15) is 5.00 Å². The van der Waals surface area contributed by atoms with E-state index in [0.29, 0.717) is 0 Å². The second-order valence-electron chi connectivity index (χ2n) is 5.16. The monoisotopic (exact) mass is 256 g/mol. The highest BCUT2D eigenvalue weighted by Crippen LogP contribution is 2.39. The van der Waals surface area contributed by atoms with E-state index in [9.17, 15) is 0 Å². The van der Waals surface area contributed by atoms with Crippen LogP contribution in [0, 0.1) is 0 Å². The van der Waals surface area contributed by atoms with Crippen molar-refractivity contribution in [2.45, 2.75) is 39.2 Å². The third-order valence-electron chi connectivity index (χ3n) is 4.07. The van der Waals surface area contributed by atoms with Crippen molar-refractivity contribution in [3.8, 4) is 5.00 Å². The fraction of sp³-hybridized carbons (Fsp3) is 0.400. The number of aromatic nitrogens is 1. The van der Waals surface area contributed by atoms with Crippen LogP contribution in [-0.2, 0) is 19.4 Å². The van der Waals surface area contributed by atoms with Crippen molar-refractivity contribution >= 4 is 17.0 Å². The third-order valence-corrected chi connectivity index (χ3v) is 5.41. The number of rotatable bonds is 0. The molecule has 0 saturated carbocycles. The fourth-order valence-electron chi connectivity index (χ4n) is 3.11. The lowest BCUT2D eigenvalue weighted by Gasteiger charge is -2.11. The van der Waals surface area contributed by atoms with Gasteiger partial charge in [-0.15, -0.1) is 11.3 Å². The molecular weight excluding hydrogens is 240 g/mol. The van der Waals surface area contributed by atoms with Crippen molar-refractivity contribution in [2.75, 3.05) is 0 Å². The maximum Gasteiger partial charge on any atom is 0.105 e. The van der Waals surface area contributed by atoms with E-state index in [1.165, 1.54) is 41.9 Å². The van der Waals surface area contributed by atoms with Gasteiger partial charge in [-0.2, -0.15) is 0 Å². The topological polar surface area (TPSA) is 17.3 Å². The summed E-state index contributed by atoms with van der Waals surface area (Å²) < 4.78 is 2.34. The first-order valence-electron chi connectivity index (χ1n) is 6.67. The standard InChI is InChI=1S/C15H16N2S/c1-10-13-6-4-8-17(13)15-12(9-16-10)11-5-2-3-7-14(11)18-15/h4,6,8H,2-3,5,7,9H2,1H3. The largest absolute Gasteiger partial charge is 0.307 e. The molecule has 92 valence electrons. The Morgan fingerprint density at radius 3 is 3.06 bits per heavy atom. The number of thiophene rings is 1. The van der Waals surface area contributed by atoms with Crippen LogP contribution in [0.5, 0.6) is 0 Å². The molecule has 18 heavy (non-hydrogen) atoms. The van der Waals surface area contributed by atoms with Crippen molar-refractivity contribution in [1.29, 1.82) is 0 Å². The number of aliphatic imine (C=N–C) groups is 1. The average molecular weight is 256 g/mol. The Labute approximate surface area is 111 Å². The molecule has 3 heterocycles. The fourth-order valence-corrected chi connectivity index (χ4v) is 4.50. The van der Waals surface area contributed by atoms with Gasteiger partial charge >= 0.3 is 0 Å². The summed E-state index contributed by atoms with van der Waals surface area (Å²) in [6.07, 6.45) is 7.41. The molecule has 0 amide bonds. The Balaban J connectivity index is 1.99. The molecule has 0 fully saturated rings. The molecule has 0 saturated heterocycles. The maximum atomic E-state index is 4.76. The zero-order valence-corrected chi connectivity index (χ0v) is 11.4. The molecule has 0 atom stereocenters. The van der Waals surface area contributed by atoms with Crippen LogP contribution in [0.25, 0.3) is 5.00 Å². The maximum absolute atomic E-state index is 4.76. The van der Waals surface area contributed by atoms with E-state index in [2.05, 4.69) is 29.8 Å². The molecule has 0 bridgehead atoms. The SMILES string of the molecule is CC1=NCc2c(sc3c2CCCC3)-n2cccc21. The Hall–Kier alpha value is -1.35. The van der Waals surface area contributed by atoms with E-state index in [1.807, 2.05) is 11.3 Å². The molecule has 2 aromatic heterocycles. The van der Waals surface area contributed by atoms with Crippen LogP contribution in [0.3, 0.4) is 0 Å². The zero-order chi connectivity index (χ0) is 12.1. The summed E-state index contributed by atoms with van der Waals surface area (Å²) in [6.45, 7) is 2.99. The molecule has 1 aliphatic carbocycles. The number of aryl methyl sites for hydroxylation is 1. The Morgan fingerprint density at radius 1 is 1.22 bits per heavy atom. The van der Waals surface area contributed by atoms with E-state index < -0.39 is 0 Å². The lowest BCUT2D eigenvalue weighted by molar-refractivity contribution is 0.691. The molecule has 0 spiro atoms. The van der Waals surface area contributed by atoms with Crippen LogP contribution >= 0.6 is 11.3 Å². The van der Waals surface area contributed by atoms with Crippen molar-refractivity contribution < 1.29 is 0 Å². The van der Waals surface area contributed by atoms with E-state index in [-0.39, 0.29) is 0 Å². The van der Waals surface area contributed by atoms with Gasteiger partial charge in [0.2, 0.25) is 0 Å². The highest BCUT2D eigenvalue weighted by molar-refractivity contribution is 7.15. The van der Waals surface area contributed by atoms with Gasteiger partial charge in [-0.25, -0.2) is 0 Å². The van der Waals surface area contributed by atoms with Crippen LogP contribution < -0.4 is 0 Å². The Morgan fingerprint density at radius 2 is 2.11 bits per heavy atom. The smallest absolute Gasteiger partial charge is 0.105 e. The first kappa shape index (κ1) is 10.6. The molecule has 0 radical (unpaired) electrons. The van der Waals surface area contributed by atoms with Gasteiger partial charge in [-0.3, -0.25) is 4.99 Å². The van der Waals surface area contributed by atoms with Gasteiger partial charge in [0, 0.05) is 16.6 Å². The van der Waals surface area contributed by atoms with Crippen LogP contribution in [0.1, 0.15) is 41.5 Å². The van der Waals surface area contributed by atoms with Crippen molar-refractivity contribution in [1.82, 2.24) is 4.57 Å². The molecule has 1 aliphatic heterocycles. The van der Waals surface area contributed by atoms with Gasteiger partial charge in [0.25, 0.3) is 0 Å². The summed E-state index contributed by atoms with van der Waals surface area (Å²) in [5.41, 5.74) is 5.52. The molecule has 2 aliphatic rings. The van der Waals surface area contributed by atoms with Crippen LogP contribution in [-0.4, -0.2) is 10.3 Å². The predicted octanol–water partition coefficient (Wildman–Crippen LogP) is 3.74. The van der Waals surface area contributed by atoms with E-state index in [1.54, 1.807) is 10.4 Å². The molecule has 0 aromatic carbocycles. The van der Waals surface area contributed by atoms with Crippen molar-refractivity contribution in [2.24, 2.45) is 4.99 Å². The quantitative estimate of drug-likeness (QED) is 0.683. The zero-order valence-electron chi connectivity index (χ0n) is 10.6. The highest BCUT2D eigenvalue weighted by atomic mass is 32.1. The van der Waals surface area contributed by atoms with Crippen LogP contribution in [0.4, 0.5) is 0 Å². The summed E-state index contributed by atoms with van der Waals surface area (Å²) in [7, 11) is 0. The number of fused-ring (bicyclic) bond motifs is 5. The Bertz CT molecular complexity index is 645. The molecular formula is C15H16N2S. The molecule has 4 rings (SSSR count). The Kier molecular flexibility index (Phi) is 2.24. The van der Waals surface area contributed by atoms with Gasteiger partial charge < -0.3 is 4.57 Å². The highest BCUT2D eigenvalue weighted by Gasteiger charge is 2.24. The van der Waals surface area contributed by atoms with Gasteiger partial charge in [0.05, 0.1) is 18.0 Å². The summed E-state index contributed by atoms with van der Waals surface area (Å²) in [4.78, 5) is 6.37. The summed E-state index contributed by atoms with van der Waals surface area (Å²) in [5, 5.41) is 1.42. The van der Waals surface area contributed by atoms with Crippen LogP contribution in [0.2, 0.25) is 0 Å². The summed E-state index contributed by atoms with van der Waals surface area (Å²) in [5.74, 6) is 0. The molecule has 0 N–H and O–H groups in total. The first-order valence-corrected chi connectivity index (χ1v) is 7.49. The summed E-state index contributed by atoms with van der Waals surface area (Å²) in [6, 6.07) is 4.30. The third kappa shape index (κ3) is 1.37. The average Bonchev–Trinajstić information content (AvgIpc) is 2.97. The molecule has 3 heteroatoms. The van der Waals surface area contributed by atoms with Gasteiger partial charge in [0.15, 0.2) is 0 Å². The lowest BCUT2D eigenvalue weighted by Crippen LogP contribution is -2.01. The number of hydrogen-bond donors (Lipinski definition) is 0. The molecule has 0 unspecified atom stereocenters. The minimum atomic E-state index is 0.870. The molecule has 2 aromatic rings. The normalized spacial score (nSPS) is 17.5. The van der Waals surface area contributed by atoms with Crippen LogP contribution in [0.15, 0.2) is 23.3 Å². The number of hydrogen-bond acceptors (Lipinski definition) is 2.